The van der Waals surface area contributed by atoms with Gasteiger partial charge in [-0.3, -0.25) is 14.4 Å². The normalized spacial score (nSPS) is 28.5. The van der Waals surface area contributed by atoms with Gasteiger partial charge in [0.25, 0.3) is 0 Å². The summed E-state index contributed by atoms with van der Waals surface area (Å²) in [6, 6.07) is 15.8. The number of carbonyl (C=O) groups is 3. The average Bonchev–Trinajstić information content (AvgIpc) is 3.65. The van der Waals surface area contributed by atoms with Gasteiger partial charge in [0.05, 0.1) is 30.1 Å². The zero-order valence-corrected chi connectivity index (χ0v) is 26.7. The van der Waals surface area contributed by atoms with E-state index in [1.54, 1.807) is 4.90 Å². The van der Waals surface area contributed by atoms with Crippen LogP contribution >= 0.6 is 0 Å². The maximum Gasteiger partial charge on any atom is 0.250 e. The molecule has 2 aromatic rings. The molecule has 1 spiro atoms. The molecule has 0 aromatic heterocycles. The Hall–Kier alpha value is -3.43. The zero-order chi connectivity index (χ0) is 31.6. The first-order valence-corrected chi connectivity index (χ1v) is 16.3. The molecule has 2 unspecified atom stereocenters. The van der Waals surface area contributed by atoms with E-state index in [4.69, 9.17) is 4.74 Å². The second-order valence-electron chi connectivity index (χ2n) is 12.6. The number of ether oxygens (including phenoxy) is 1. The molecule has 2 aromatic carbocycles. The molecule has 2 bridgehead atoms. The first-order valence-electron chi connectivity index (χ1n) is 16.3. The Morgan fingerprint density at radius 1 is 1.02 bits per heavy atom. The predicted octanol–water partition coefficient (Wildman–Crippen LogP) is 4.35. The van der Waals surface area contributed by atoms with Gasteiger partial charge in [-0.15, -0.1) is 0 Å². The highest BCUT2D eigenvalue weighted by Crippen LogP contribution is 2.64. The SMILES string of the molecule is CC[C@H](C)[C@H](CO)N1C(=O)[C@@H]2[C@H](C(=O)NCc3ccccc3)[C@]3(CC)CCC2(O3)C1C(=O)Nc1ccc(N(CC)CC)cc1. The first-order chi connectivity index (χ1) is 21.2. The van der Waals surface area contributed by atoms with E-state index in [1.807, 2.05) is 75.4 Å². The Kier molecular flexibility index (Phi) is 9.37. The number of fused-ring (bicyclic) bond motifs is 1. The van der Waals surface area contributed by atoms with Gasteiger partial charge in [0.1, 0.15) is 11.6 Å². The standard InChI is InChI=1S/C35H48N4O5/c1-6-23(5)27(22-40)39-30(32(42)37-25-15-17-26(18-16-25)38(8-3)9-4)35-20-19-34(7-2,44-35)28(29(35)33(39)43)31(41)36-21-24-13-11-10-12-14-24/h10-18,23,27-30,40H,6-9,19-22H2,1-5H3,(H,36,41)(H,37,42)/t23-,27-,28+,29-,30?,34-,35?/m0/s1. The fourth-order valence-electron chi connectivity index (χ4n) is 7.98. The molecular weight excluding hydrogens is 556 g/mol. The molecule has 238 valence electrons. The van der Waals surface area contributed by atoms with Crippen LogP contribution in [0, 0.1) is 17.8 Å². The quantitative estimate of drug-likeness (QED) is 0.314. The minimum absolute atomic E-state index is 0.0643. The summed E-state index contributed by atoms with van der Waals surface area (Å²) in [6.45, 7) is 12.0. The van der Waals surface area contributed by atoms with Crippen LogP contribution in [0.25, 0.3) is 0 Å². The summed E-state index contributed by atoms with van der Waals surface area (Å²) in [5.41, 5.74) is 0.660. The topological polar surface area (TPSA) is 111 Å². The van der Waals surface area contributed by atoms with Gasteiger partial charge in [-0.25, -0.2) is 0 Å². The molecule has 0 radical (unpaired) electrons. The van der Waals surface area contributed by atoms with Crippen LogP contribution in [0.5, 0.6) is 0 Å². The van der Waals surface area contributed by atoms with Crippen molar-refractivity contribution in [1.29, 1.82) is 0 Å². The van der Waals surface area contributed by atoms with Crippen molar-refractivity contribution < 1.29 is 24.2 Å². The predicted molar refractivity (Wildman–Crippen MR) is 171 cm³/mol. The molecule has 3 heterocycles. The highest BCUT2D eigenvalue weighted by atomic mass is 16.5. The first kappa shape index (κ1) is 32.0. The number of aliphatic hydroxyl groups is 1. The van der Waals surface area contributed by atoms with Gasteiger partial charge >= 0.3 is 0 Å². The molecule has 3 fully saturated rings. The lowest BCUT2D eigenvalue weighted by Gasteiger charge is -2.39. The number of rotatable bonds is 13. The van der Waals surface area contributed by atoms with Crippen molar-refractivity contribution in [3.8, 4) is 0 Å². The molecule has 5 rings (SSSR count). The smallest absolute Gasteiger partial charge is 0.250 e. The van der Waals surface area contributed by atoms with Crippen LogP contribution in [-0.2, 0) is 25.7 Å². The van der Waals surface area contributed by atoms with Gasteiger partial charge in [0.2, 0.25) is 17.7 Å². The summed E-state index contributed by atoms with van der Waals surface area (Å²) >= 11 is 0. The molecule has 3 N–H and O–H groups in total. The van der Waals surface area contributed by atoms with E-state index in [1.165, 1.54) is 0 Å². The lowest BCUT2D eigenvalue weighted by atomic mass is 9.65. The Morgan fingerprint density at radius 2 is 1.70 bits per heavy atom. The van der Waals surface area contributed by atoms with Crippen molar-refractivity contribution in [3.63, 3.8) is 0 Å². The second-order valence-corrected chi connectivity index (χ2v) is 12.6. The maximum atomic E-state index is 14.6. The monoisotopic (exact) mass is 604 g/mol. The van der Waals surface area contributed by atoms with Gasteiger partial charge in [-0.2, -0.15) is 0 Å². The summed E-state index contributed by atoms with van der Waals surface area (Å²) < 4.78 is 6.89. The Bertz CT molecular complexity index is 1330. The third-order valence-corrected chi connectivity index (χ3v) is 10.6. The van der Waals surface area contributed by atoms with Crippen molar-refractivity contribution in [3.05, 3.63) is 60.2 Å². The van der Waals surface area contributed by atoms with Crippen LogP contribution in [0.2, 0.25) is 0 Å². The largest absolute Gasteiger partial charge is 0.394 e. The fourth-order valence-corrected chi connectivity index (χ4v) is 7.98. The van der Waals surface area contributed by atoms with Crippen molar-refractivity contribution in [2.75, 3.05) is 29.9 Å². The third-order valence-electron chi connectivity index (χ3n) is 10.6. The molecule has 3 saturated heterocycles. The van der Waals surface area contributed by atoms with Gasteiger partial charge < -0.3 is 30.3 Å². The zero-order valence-electron chi connectivity index (χ0n) is 26.7. The third kappa shape index (κ3) is 5.28. The Morgan fingerprint density at radius 3 is 2.30 bits per heavy atom. The summed E-state index contributed by atoms with van der Waals surface area (Å²) in [7, 11) is 0. The molecule has 0 saturated carbocycles. The molecule has 0 aliphatic carbocycles. The highest BCUT2D eigenvalue weighted by molar-refractivity contribution is 6.04. The Balaban J connectivity index is 1.50. The summed E-state index contributed by atoms with van der Waals surface area (Å²) in [4.78, 5) is 46.7. The molecule has 9 nitrogen and oxygen atoms in total. The molecule has 3 aliphatic heterocycles. The summed E-state index contributed by atoms with van der Waals surface area (Å²) in [6.07, 6.45) is 2.35. The van der Waals surface area contributed by atoms with Gasteiger partial charge in [0.15, 0.2) is 0 Å². The van der Waals surface area contributed by atoms with Crippen molar-refractivity contribution in [2.24, 2.45) is 17.8 Å². The number of amides is 3. The number of carbonyl (C=O) groups excluding carboxylic acids is 3. The number of nitrogens with zero attached hydrogens (tertiary/aromatic N) is 2. The van der Waals surface area contributed by atoms with Crippen molar-refractivity contribution in [1.82, 2.24) is 10.2 Å². The molecule has 44 heavy (non-hydrogen) atoms. The van der Waals surface area contributed by atoms with Crippen LogP contribution in [0.4, 0.5) is 11.4 Å². The van der Waals surface area contributed by atoms with Crippen LogP contribution in [0.15, 0.2) is 54.6 Å². The van der Waals surface area contributed by atoms with E-state index in [0.29, 0.717) is 37.9 Å². The van der Waals surface area contributed by atoms with Crippen LogP contribution in [0.1, 0.15) is 65.9 Å². The lowest BCUT2D eigenvalue weighted by molar-refractivity contribution is -0.150. The summed E-state index contributed by atoms with van der Waals surface area (Å²) in [5, 5.41) is 16.7. The van der Waals surface area contributed by atoms with Crippen molar-refractivity contribution in [2.45, 2.75) is 90.1 Å². The minimum atomic E-state index is -1.16. The van der Waals surface area contributed by atoms with E-state index in [-0.39, 0.29) is 30.2 Å². The van der Waals surface area contributed by atoms with Gasteiger partial charge in [-0.1, -0.05) is 57.5 Å². The van der Waals surface area contributed by atoms with E-state index >= 15 is 0 Å². The summed E-state index contributed by atoms with van der Waals surface area (Å²) in [5.74, 6) is -2.47. The highest BCUT2D eigenvalue weighted by Gasteiger charge is 2.79. The van der Waals surface area contributed by atoms with E-state index in [0.717, 1.165) is 24.3 Å². The molecular formula is C35H48N4O5. The van der Waals surface area contributed by atoms with E-state index in [2.05, 4.69) is 29.4 Å². The van der Waals surface area contributed by atoms with E-state index < -0.39 is 35.1 Å². The molecule has 3 aliphatic rings. The number of aliphatic hydroxyl groups excluding tert-OH is 1. The molecule has 9 heteroatoms. The number of likely N-dealkylation sites (tertiary alicyclic amines) is 1. The van der Waals surface area contributed by atoms with Crippen LogP contribution in [0.3, 0.4) is 0 Å². The van der Waals surface area contributed by atoms with Gasteiger partial charge in [0, 0.05) is 31.0 Å². The maximum absolute atomic E-state index is 14.6. The number of hydrogen-bond acceptors (Lipinski definition) is 6. The second kappa shape index (κ2) is 12.9. The fraction of sp³-hybridized carbons (Fsp3) is 0.571. The number of nitrogens with one attached hydrogen (secondary N) is 2. The van der Waals surface area contributed by atoms with Crippen molar-refractivity contribution >= 4 is 29.1 Å². The molecule has 7 atom stereocenters. The number of benzene rings is 2. The molecule has 3 amide bonds. The number of hydrogen-bond donors (Lipinski definition) is 3. The van der Waals surface area contributed by atoms with E-state index in [9.17, 15) is 19.5 Å². The minimum Gasteiger partial charge on any atom is -0.394 e. The van der Waals surface area contributed by atoms with Gasteiger partial charge in [-0.05, 0) is 68.9 Å². The Labute approximate surface area is 261 Å². The average molecular weight is 605 g/mol. The lowest BCUT2D eigenvalue weighted by Crippen LogP contribution is -2.57. The number of anilines is 2. The van der Waals surface area contributed by atoms with Crippen LogP contribution in [-0.4, -0.2) is 70.7 Å². The van der Waals surface area contributed by atoms with Crippen LogP contribution < -0.4 is 15.5 Å².